The van der Waals surface area contributed by atoms with Gasteiger partial charge in [-0.2, -0.15) is 5.26 Å². The smallest absolute Gasteiger partial charge is 0.268 e. The Balaban J connectivity index is 2.78. The number of halogens is 1. The van der Waals surface area contributed by atoms with Gasteiger partial charge < -0.3 is 9.88 Å². The van der Waals surface area contributed by atoms with Crippen LogP contribution in [0, 0.1) is 11.3 Å². The number of rotatable bonds is 2. The third kappa shape index (κ3) is 2.33. The Bertz CT molecular complexity index is 364. The van der Waals surface area contributed by atoms with E-state index in [4.69, 9.17) is 5.26 Å². The largest absolute Gasteiger partial charge is 0.345 e. The van der Waals surface area contributed by atoms with E-state index < -0.39 is 0 Å². The summed E-state index contributed by atoms with van der Waals surface area (Å²) in [4.78, 5) is 11.3. The molecule has 0 saturated heterocycles. The molecule has 0 atom stereocenters. The molecule has 1 aromatic heterocycles. The zero-order chi connectivity index (χ0) is 9.84. The Labute approximate surface area is 84.3 Å². The summed E-state index contributed by atoms with van der Waals surface area (Å²) in [5.41, 5.74) is 0.530. The van der Waals surface area contributed by atoms with Gasteiger partial charge in [0.2, 0.25) is 0 Å². The number of hydrogen-bond acceptors (Lipinski definition) is 2. The van der Waals surface area contributed by atoms with E-state index in [9.17, 15) is 4.79 Å². The van der Waals surface area contributed by atoms with Crippen LogP contribution in [0.25, 0.3) is 0 Å². The van der Waals surface area contributed by atoms with E-state index in [1.54, 1.807) is 23.9 Å². The Morgan fingerprint density at radius 1 is 1.85 bits per heavy atom. The summed E-state index contributed by atoms with van der Waals surface area (Å²) in [7, 11) is 1.77. The fraction of sp³-hybridized carbons (Fsp3) is 0.250. The molecule has 1 rings (SSSR count). The first-order valence-corrected chi connectivity index (χ1v) is 4.41. The van der Waals surface area contributed by atoms with Gasteiger partial charge in [-0.25, -0.2) is 0 Å². The molecule has 1 aromatic rings. The van der Waals surface area contributed by atoms with Gasteiger partial charge in [-0.05, 0) is 22.0 Å². The molecule has 1 heterocycles. The van der Waals surface area contributed by atoms with Crippen molar-refractivity contribution in [3.05, 3.63) is 22.4 Å². The summed E-state index contributed by atoms with van der Waals surface area (Å²) in [6, 6.07) is 3.54. The molecule has 4 nitrogen and oxygen atoms in total. The lowest BCUT2D eigenvalue weighted by Gasteiger charge is -2.00. The number of nitrogens with zero attached hydrogens (tertiary/aromatic N) is 2. The third-order valence-corrected chi connectivity index (χ3v) is 1.97. The predicted molar refractivity (Wildman–Crippen MR) is 51.1 cm³/mol. The van der Waals surface area contributed by atoms with E-state index in [1.807, 2.05) is 6.07 Å². The number of hydrogen-bond donors (Lipinski definition) is 1. The number of aryl methyl sites for hydroxylation is 1. The second-order valence-corrected chi connectivity index (χ2v) is 3.41. The van der Waals surface area contributed by atoms with Gasteiger partial charge in [0.05, 0.1) is 6.07 Å². The molecule has 0 aliphatic heterocycles. The molecule has 1 amide bonds. The summed E-state index contributed by atoms with van der Waals surface area (Å²) in [5.74, 6) is -0.241. The molecule has 13 heavy (non-hydrogen) atoms. The third-order valence-electron chi connectivity index (χ3n) is 1.53. The zero-order valence-corrected chi connectivity index (χ0v) is 8.63. The molecule has 0 unspecified atom stereocenters. The molecule has 5 heteroatoms. The summed E-state index contributed by atoms with van der Waals surface area (Å²) in [5, 5.41) is 10.7. The maximum atomic E-state index is 11.3. The molecule has 1 N–H and O–H groups in total. The monoisotopic (exact) mass is 241 g/mol. The van der Waals surface area contributed by atoms with Gasteiger partial charge >= 0.3 is 0 Å². The molecule has 0 radical (unpaired) electrons. The molecule has 0 aliphatic rings. The van der Waals surface area contributed by atoms with E-state index in [2.05, 4.69) is 21.2 Å². The lowest BCUT2D eigenvalue weighted by Crippen LogP contribution is -2.25. The summed E-state index contributed by atoms with van der Waals surface area (Å²) in [6.07, 6.45) is 1.78. The minimum Gasteiger partial charge on any atom is -0.345 e. The second kappa shape index (κ2) is 4.10. The van der Waals surface area contributed by atoms with Gasteiger partial charge in [0, 0.05) is 17.7 Å². The van der Waals surface area contributed by atoms with E-state index >= 15 is 0 Å². The number of carbonyl (C=O) groups excluding carboxylic acids is 1. The van der Waals surface area contributed by atoms with Gasteiger partial charge in [0.25, 0.3) is 5.91 Å². The van der Waals surface area contributed by atoms with Crippen molar-refractivity contribution in [2.75, 3.05) is 6.54 Å². The second-order valence-electron chi connectivity index (χ2n) is 2.50. The average Bonchev–Trinajstić information content (AvgIpc) is 2.41. The highest BCUT2D eigenvalue weighted by atomic mass is 79.9. The van der Waals surface area contributed by atoms with Crippen LogP contribution in [0.1, 0.15) is 10.5 Å². The quantitative estimate of drug-likeness (QED) is 0.787. The molecule has 68 valence electrons. The normalized spacial score (nSPS) is 9.31. The fourth-order valence-electron chi connectivity index (χ4n) is 0.960. The van der Waals surface area contributed by atoms with E-state index in [0.29, 0.717) is 5.69 Å². The highest BCUT2D eigenvalue weighted by molar-refractivity contribution is 9.10. The topological polar surface area (TPSA) is 57.8 Å². The van der Waals surface area contributed by atoms with E-state index in [-0.39, 0.29) is 12.5 Å². The van der Waals surface area contributed by atoms with Gasteiger partial charge in [-0.1, -0.05) is 0 Å². The van der Waals surface area contributed by atoms with E-state index in [0.717, 1.165) is 4.47 Å². The maximum Gasteiger partial charge on any atom is 0.268 e. The molecule has 0 fully saturated rings. The Morgan fingerprint density at radius 2 is 2.54 bits per heavy atom. The summed E-state index contributed by atoms with van der Waals surface area (Å²) >= 11 is 3.25. The minimum absolute atomic E-state index is 0.0294. The number of amides is 1. The maximum absolute atomic E-state index is 11.3. The molecule has 0 bridgehead atoms. The van der Waals surface area contributed by atoms with Crippen LogP contribution in [-0.4, -0.2) is 17.0 Å². The SMILES string of the molecule is Cn1cc(Br)cc1C(=O)NCC#N. The van der Waals surface area contributed by atoms with Crippen LogP contribution < -0.4 is 5.32 Å². The first-order chi connectivity index (χ1) is 6.15. The van der Waals surface area contributed by atoms with Crippen LogP contribution in [0.4, 0.5) is 0 Å². The van der Waals surface area contributed by atoms with Gasteiger partial charge in [0.15, 0.2) is 0 Å². The standard InChI is InChI=1S/C8H8BrN3O/c1-12-5-6(9)4-7(12)8(13)11-3-2-10/h4-5H,3H2,1H3,(H,11,13). The lowest BCUT2D eigenvalue weighted by atomic mass is 10.4. The fourth-order valence-corrected chi connectivity index (χ4v) is 1.48. The van der Waals surface area contributed by atoms with Crippen LogP contribution in [0.2, 0.25) is 0 Å². The predicted octanol–water partition coefficient (Wildman–Crippen LogP) is 1.04. The highest BCUT2D eigenvalue weighted by Crippen LogP contribution is 2.13. The van der Waals surface area contributed by atoms with Crippen LogP contribution in [0.3, 0.4) is 0 Å². The highest BCUT2D eigenvalue weighted by Gasteiger charge is 2.09. The number of nitrogens with one attached hydrogen (secondary N) is 1. The number of aromatic nitrogens is 1. The Morgan fingerprint density at radius 3 is 3.00 bits per heavy atom. The van der Waals surface area contributed by atoms with Crippen molar-refractivity contribution in [2.24, 2.45) is 7.05 Å². The molecule has 0 spiro atoms. The van der Waals surface area contributed by atoms with Crippen molar-refractivity contribution < 1.29 is 4.79 Å². The zero-order valence-electron chi connectivity index (χ0n) is 7.04. The van der Waals surface area contributed by atoms with Crippen molar-refractivity contribution in [3.8, 4) is 6.07 Å². The Hall–Kier alpha value is -1.28. The van der Waals surface area contributed by atoms with Crippen LogP contribution in [-0.2, 0) is 7.05 Å². The van der Waals surface area contributed by atoms with Crippen molar-refractivity contribution in [1.82, 2.24) is 9.88 Å². The minimum atomic E-state index is -0.241. The first-order valence-electron chi connectivity index (χ1n) is 3.62. The van der Waals surface area contributed by atoms with E-state index in [1.165, 1.54) is 0 Å². The Kier molecular flexibility index (Phi) is 3.09. The van der Waals surface area contributed by atoms with Gasteiger partial charge in [-0.15, -0.1) is 0 Å². The molecular weight excluding hydrogens is 234 g/mol. The van der Waals surface area contributed by atoms with Crippen LogP contribution in [0.5, 0.6) is 0 Å². The van der Waals surface area contributed by atoms with Gasteiger partial charge in [0.1, 0.15) is 12.2 Å². The van der Waals surface area contributed by atoms with Crippen molar-refractivity contribution >= 4 is 21.8 Å². The lowest BCUT2D eigenvalue weighted by molar-refractivity contribution is 0.0950. The number of nitriles is 1. The molecule has 0 aromatic carbocycles. The van der Waals surface area contributed by atoms with Crippen LogP contribution >= 0.6 is 15.9 Å². The van der Waals surface area contributed by atoms with Gasteiger partial charge in [-0.3, -0.25) is 4.79 Å². The summed E-state index contributed by atoms with van der Waals surface area (Å²) < 4.78 is 2.54. The molecular formula is C8H8BrN3O. The number of carbonyl (C=O) groups is 1. The summed E-state index contributed by atoms with van der Waals surface area (Å²) in [6.45, 7) is 0.0294. The first kappa shape index (κ1) is 9.81. The van der Waals surface area contributed by atoms with Crippen molar-refractivity contribution in [3.63, 3.8) is 0 Å². The van der Waals surface area contributed by atoms with Crippen molar-refractivity contribution in [2.45, 2.75) is 0 Å². The molecule has 0 saturated carbocycles. The molecule has 0 aliphatic carbocycles. The van der Waals surface area contributed by atoms with Crippen LogP contribution in [0.15, 0.2) is 16.7 Å². The average molecular weight is 242 g/mol. The van der Waals surface area contributed by atoms with Crippen molar-refractivity contribution in [1.29, 1.82) is 5.26 Å².